The summed E-state index contributed by atoms with van der Waals surface area (Å²) in [6, 6.07) is 16.3. The van der Waals surface area contributed by atoms with Crippen LogP contribution >= 0.6 is 0 Å². The molecule has 0 fully saturated rings. The van der Waals surface area contributed by atoms with Gasteiger partial charge in [-0.15, -0.1) is 0 Å². The molecule has 0 bridgehead atoms. The van der Waals surface area contributed by atoms with Crippen LogP contribution in [0.4, 0.5) is 11.5 Å². The zero-order valence-electron chi connectivity index (χ0n) is 17.9. The second-order valence-electron chi connectivity index (χ2n) is 7.50. The number of ether oxygens (including phenoxy) is 2. The van der Waals surface area contributed by atoms with Crippen molar-refractivity contribution in [3.05, 3.63) is 84.5 Å². The van der Waals surface area contributed by atoms with E-state index in [1.165, 1.54) is 6.33 Å². The van der Waals surface area contributed by atoms with E-state index in [1.807, 2.05) is 42.5 Å². The average Bonchev–Trinajstić information content (AvgIpc) is 3.30. The maximum absolute atomic E-state index is 5.61. The van der Waals surface area contributed by atoms with E-state index < -0.39 is 0 Å². The average molecular weight is 425 g/mol. The van der Waals surface area contributed by atoms with Crippen molar-refractivity contribution >= 4 is 22.5 Å². The highest BCUT2D eigenvalue weighted by Gasteiger charge is 2.22. The topological polar surface area (TPSA) is 85.0 Å². The molecule has 2 aromatic carbocycles. The summed E-state index contributed by atoms with van der Waals surface area (Å²) in [6.07, 6.45) is 8.36. The molecule has 0 aliphatic heterocycles. The Morgan fingerprint density at radius 1 is 1.00 bits per heavy atom. The lowest BCUT2D eigenvalue weighted by Gasteiger charge is -2.18. The van der Waals surface area contributed by atoms with Crippen LogP contribution in [0.15, 0.2) is 78.8 Å². The summed E-state index contributed by atoms with van der Waals surface area (Å²) in [6.45, 7) is 0. The maximum atomic E-state index is 5.61. The normalized spacial score (nSPS) is 15.4. The fourth-order valence-corrected chi connectivity index (χ4v) is 3.98. The van der Waals surface area contributed by atoms with Crippen molar-refractivity contribution in [1.82, 2.24) is 20.2 Å². The van der Waals surface area contributed by atoms with Crippen LogP contribution in [0.5, 0.6) is 5.75 Å². The molecule has 2 aromatic heterocycles. The molecule has 4 aromatic rings. The number of hydrogen-bond donors (Lipinski definition) is 2. The molecule has 0 saturated heterocycles. The molecule has 160 valence electrons. The number of rotatable bonds is 6. The van der Waals surface area contributed by atoms with Gasteiger partial charge in [-0.1, -0.05) is 48.6 Å². The molecule has 2 N–H and O–H groups in total. The number of methoxy groups -OCH3 is 2. The molecule has 0 amide bonds. The summed E-state index contributed by atoms with van der Waals surface area (Å²) < 4.78 is 11.1. The number of aromatic amines is 1. The predicted octanol–water partition coefficient (Wildman–Crippen LogP) is 5.35. The van der Waals surface area contributed by atoms with Crippen LogP contribution in [0.3, 0.4) is 0 Å². The minimum absolute atomic E-state index is 0.0871. The van der Waals surface area contributed by atoms with E-state index >= 15 is 0 Å². The Kier molecular flexibility index (Phi) is 5.29. The molecule has 5 rings (SSSR count). The van der Waals surface area contributed by atoms with Gasteiger partial charge < -0.3 is 14.8 Å². The van der Waals surface area contributed by atoms with Gasteiger partial charge >= 0.3 is 0 Å². The summed E-state index contributed by atoms with van der Waals surface area (Å²) in [4.78, 5) is 8.89. The van der Waals surface area contributed by atoms with Crippen molar-refractivity contribution in [2.75, 3.05) is 19.5 Å². The van der Waals surface area contributed by atoms with Crippen molar-refractivity contribution in [3.63, 3.8) is 0 Å². The minimum Gasteiger partial charge on any atom is -0.501 e. The van der Waals surface area contributed by atoms with Crippen LogP contribution in [-0.4, -0.2) is 34.4 Å². The van der Waals surface area contributed by atoms with Crippen LogP contribution < -0.4 is 10.1 Å². The van der Waals surface area contributed by atoms with Crippen molar-refractivity contribution < 1.29 is 9.47 Å². The van der Waals surface area contributed by atoms with Crippen LogP contribution in [0, 0.1) is 0 Å². The lowest BCUT2D eigenvalue weighted by Crippen LogP contribution is -2.05. The molecule has 32 heavy (non-hydrogen) atoms. The maximum Gasteiger partial charge on any atom is 0.186 e. The van der Waals surface area contributed by atoms with Gasteiger partial charge in [0.05, 0.1) is 36.7 Å². The van der Waals surface area contributed by atoms with E-state index in [9.17, 15) is 0 Å². The Labute approximate surface area is 185 Å². The molecule has 0 radical (unpaired) electrons. The quantitative estimate of drug-likeness (QED) is 0.433. The minimum atomic E-state index is 0.0871. The number of nitrogens with one attached hydrogen (secondary N) is 2. The second kappa shape index (κ2) is 8.55. The lowest BCUT2D eigenvalue weighted by atomic mass is 9.94. The molecule has 1 aliphatic rings. The van der Waals surface area contributed by atoms with E-state index in [2.05, 4.69) is 49.8 Å². The van der Waals surface area contributed by atoms with Crippen molar-refractivity contribution in [3.8, 4) is 16.9 Å². The van der Waals surface area contributed by atoms with Gasteiger partial charge in [0.2, 0.25) is 0 Å². The third kappa shape index (κ3) is 3.69. The standard InChI is InChI=1S/C25H23N5O2/c1-31-19-10-6-9-18(13-19)23-22-24(26-15-27-25(22)30-29-23)28-20-14-17(11-12-21(20)32-2)16-7-4-3-5-8-16/h3-12,14-15,18H,13H2,1-2H3,(H2,26,27,28,29,30). The van der Waals surface area contributed by atoms with Crippen molar-refractivity contribution in [2.45, 2.75) is 12.3 Å². The number of aromatic nitrogens is 4. The van der Waals surface area contributed by atoms with Gasteiger partial charge in [0.15, 0.2) is 5.65 Å². The molecular weight excluding hydrogens is 402 g/mol. The summed E-state index contributed by atoms with van der Waals surface area (Å²) in [5.74, 6) is 2.40. The van der Waals surface area contributed by atoms with Gasteiger partial charge in [-0.2, -0.15) is 5.10 Å². The molecule has 1 aliphatic carbocycles. The monoisotopic (exact) mass is 425 g/mol. The summed E-state index contributed by atoms with van der Waals surface area (Å²) in [5, 5.41) is 11.9. The Morgan fingerprint density at radius 3 is 2.69 bits per heavy atom. The highest BCUT2D eigenvalue weighted by molar-refractivity contribution is 5.92. The Balaban J connectivity index is 1.56. The Morgan fingerprint density at radius 2 is 1.88 bits per heavy atom. The molecule has 2 heterocycles. The van der Waals surface area contributed by atoms with E-state index in [4.69, 9.17) is 9.47 Å². The number of fused-ring (bicyclic) bond motifs is 1. The zero-order chi connectivity index (χ0) is 21.9. The number of H-pyrrole nitrogens is 1. The molecule has 0 saturated carbocycles. The molecule has 7 nitrogen and oxygen atoms in total. The van der Waals surface area contributed by atoms with E-state index in [1.54, 1.807) is 14.2 Å². The van der Waals surface area contributed by atoms with Gasteiger partial charge in [-0.3, -0.25) is 5.10 Å². The van der Waals surface area contributed by atoms with Crippen molar-refractivity contribution in [1.29, 1.82) is 0 Å². The third-order valence-corrected chi connectivity index (χ3v) is 5.62. The second-order valence-corrected chi connectivity index (χ2v) is 7.50. The zero-order valence-corrected chi connectivity index (χ0v) is 17.9. The van der Waals surface area contributed by atoms with E-state index in [-0.39, 0.29) is 5.92 Å². The summed E-state index contributed by atoms with van der Waals surface area (Å²) in [7, 11) is 3.35. The van der Waals surface area contributed by atoms with Crippen LogP contribution in [0.25, 0.3) is 22.2 Å². The molecule has 1 unspecified atom stereocenters. The molecule has 1 atom stereocenters. The summed E-state index contributed by atoms with van der Waals surface area (Å²) >= 11 is 0. The van der Waals surface area contributed by atoms with Gasteiger partial charge in [0, 0.05) is 12.3 Å². The number of anilines is 2. The van der Waals surface area contributed by atoms with Crippen molar-refractivity contribution in [2.24, 2.45) is 0 Å². The highest BCUT2D eigenvalue weighted by Crippen LogP contribution is 2.37. The van der Waals surface area contributed by atoms with E-state index in [0.717, 1.165) is 45.8 Å². The van der Waals surface area contributed by atoms with Gasteiger partial charge in [-0.05, 0) is 29.3 Å². The number of nitrogens with zero attached hydrogens (tertiary/aromatic N) is 3. The first-order valence-electron chi connectivity index (χ1n) is 10.4. The fraction of sp³-hybridized carbons (Fsp3) is 0.160. The highest BCUT2D eigenvalue weighted by atomic mass is 16.5. The van der Waals surface area contributed by atoms with Crippen LogP contribution in [-0.2, 0) is 4.74 Å². The molecular formula is C25H23N5O2. The first kappa shape index (κ1) is 19.8. The smallest absolute Gasteiger partial charge is 0.186 e. The Hall–Kier alpha value is -4.13. The summed E-state index contributed by atoms with van der Waals surface area (Å²) in [5.41, 5.74) is 4.58. The first-order chi connectivity index (χ1) is 15.8. The van der Waals surface area contributed by atoms with Gasteiger partial charge in [0.25, 0.3) is 0 Å². The molecule has 7 heteroatoms. The first-order valence-corrected chi connectivity index (χ1v) is 10.4. The number of hydrogen-bond acceptors (Lipinski definition) is 6. The Bertz CT molecular complexity index is 1310. The largest absolute Gasteiger partial charge is 0.501 e. The van der Waals surface area contributed by atoms with Gasteiger partial charge in [0.1, 0.15) is 17.9 Å². The third-order valence-electron chi connectivity index (χ3n) is 5.62. The predicted molar refractivity (Wildman–Crippen MR) is 125 cm³/mol. The van der Waals surface area contributed by atoms with E-state index in [0.29, 0.717) is 11.5 Å². The van der Waals surface area contributed by atoms with Crippen LogP contribution in [0.1, 0.15) is 18.0 Å². The lowest BCUT2D eigenvalue weighted by molar-refractivity contribution is 0.272. The number of allylic oxidation sites excluding steroid dienone is 4. The SMILES string of the molecule is COC1=CC=CC(c2[nH]nc3ncnc(Nc4cc(-c5ccccc5)ccc4OC)c23)C1. The molecule has 0 spiro atoms. The van der Waals surface area contributed by atoms with Crippen LogP contribution in [0.2, 0.25) is 0 Å². The van der Waals surface area contributed by atoms with Gasteiger partial charge in [-0.25, -0.2) is 9.97 Å². The fourth-order valence-electron chi connectivity index (χ4n) is 3.98. The number of benzene rings is 2.